The number of aryl methyl sites for hydroxylation is 1. The number of anilines is 1. The minimum atomic E-state index is -1.06. The zero-order valence-electron chi connectivity index (χ0n) is 16.7. The van der Waals surface area contributed by atoms with E-state index in [1.807, 2.05) is 50.2 Å². The molecule has 3 rings (SSSR count). The van der Waals surface area contributed by atoms with Gasteiger partial charge in [0.05, 0.1) is 22.1 Å². The first-order valence-corrected chi connectivity index (χ1v) is 9.81. The number of halogens is 1. The Morgan fingerprint density at radius 1 is 1.10 bits per heavy atom. The topological polar surface area (TPSA) is 89.3 Å². The lowest BCUT2D eigenvalue weighted by atomic mass is 10.2. The van der Waals surface area contributed by atoms with Crippen LogP contribution in [0.15, 0.2) is 69.5 Å². The summed E-state index contributed by atoms with van der Waals surface area (Å²) in [7, 11) is 3.79. The predicted molar refractivity (Wildman–Crippen MR) is 120 cm³/mol. The summed E-state index contributed by atoms with van der Waals surface area (Å²) in [6.45, 7) is 1.88. The van der Waals surface area contributed by atoms with Crippen LogP contribution in [0.4, 0.5) is 11.4 Å². The van der Waals surface area contributed by atoms with Crippen molar-refractivity contribution in [1.82, 2.24) is 9.97 Å². The lowest BCUT2D eigenvalue weighted by Crippen LogP contribution is -2.17. The summed E-state index contributed by atoms with van der Waals surface area (Å²) in [5, 5.41) is 3.02. The molecule has 8 nitrogen and oxygen atoms in total. The SMILES string of the molecule is Cc1cc(N=CC(N=O)Oc2ccccc2N(C)C)ccc1Oc1ncc(Br)cn1. The maximum Gasteiger partial charge on any atom is 0.321 e. The summed E-state index contributed by atoms with van der Waals surface area (Å²) < 4.78 is 12.2. The summed E-state index contributed by atoms with van der Waals surface area (Å²) in [4.78, 5) is 25.6. The van der Waals surface area contributed by atoms with Gasteiger partial charge in [-0.2, -0.15) is 0 Å². The van der Waals surface area contributed by atoms with Gasteiger partial charge in [0.1, 0.15) is 11.5 Å². The fourth-order valence-corrected chi connectivity index (χ4v) is 2.77. The maximum absolute atomic E-state index is 11.2. The molecule has 0 radical (unpaired) electrons. The van der Waals surface area contributed by atoms with Crippen LogP contribution in [0.5, 0.6) is 17.5 Å². The Morgan fingerprint density at radius 3 is 2.50 bits per heavy atom. The molecule has 0 saturated heterocycles. The molecule has 0 spiro atoms. The number of aliphatic imine (C=N–C) groups is 1. The summed E-state index contributed by atoms with van der Waals surface area (Å²) in [6, 6.07) is 13.0. The summed E-state index contributed by atoms with van der Waals surface area (Å²) in [5.41, 5.74) is 2.31. The molecular weight excluding hydrogens is 450 g/mol. The highest BCUT2D eigenvalue weighted by atomic mass is 79.9. The van der Waals surface area contributed by atoms with Crippen LogP contribution in [-0.2, 0) is 0 Å². The van der Waals surface area contributed by atoms with Crippen LogP contribution in [0.1, 0.15) is 5.56 Å². The average molecular weight is 470 g/mol. The Kier molecular flexibility index (Phi) is 7.08. The second-order valence-corrected chi connectivity index (χ2v) is 7.41. The Morgan fingerprint density at radius 2 is 1.83 bits per heavy atom. The van der Waals surface area contributed by atoms with Crippen molar-refractivity contribution in [3.05, 3.63) is 69.8 Å². The highest BCUT2D eigenvalue weighted by Crippen LogP contribution is 2.28. The van der Waals surface area contributed by atoms with Crippen LogP contribution in [0.2, 0.25) is 0 Å². The van der Waals surface area contributed by atoms with E-state index in [4.69, 9.17) is 9.47 Å². The quantitative estimate of drug-likeness (QED) is 0.329. The molecule has 0 bridgehead atoms. The van der Waals surface area contributed by atoms with Gasteiger partial charge in [0, 0.05) is 26.5 Å². The average Bonchev–Trinajstić information content (AvgIpc) is 2.74. The molecule has 0 saturated carbocycles. The predicted octanol–water partition coefficient (Wildman–Crippen LogP) is 5.28. The molecule has 1 atom stereocenters. The lowest BCUT2D eigenvalue weighted by Gasteiger charge is -2.18. The van der Waals surface area contributed by atoms with Gasteiger partial charge in [0.25, 0.3) is 6.23 Å². The van der Waals surface area contributed by atoms with Crippen LogP contribution in [0, 0.1) is 11.8 Å². The number of aromatic nitrogens is 2. The molecule has 1 unspecified atom stereocenters. The second-order valence-electron chi connectivity index (χ2n) is 6.49. The maximum atomic E-state index is 11.2. The Balaban J connectivity index is 1.71. The van der Waals surface area contributed by atoms with Crippen molar-refractivity contribution in [3.8, 4) is 17.5 Å². The first kappa shape index (κ1) is 21.4. The van der Waals surface area contributed by atoms with E-state index in [2.05, 4.69) is 36.1 Å². The number of benzene rings is 2. The Labute approximate surface area is 182 Å². The molecule has 0 amide bonds. The van der Waals surface area contributed by atoms with E-state index in [0.717, 1.165) is 15.7 Å². The van der Waals surface area contributed by atoms with E-state index in [1.165, 1.54) is 6.21 Å². The molecule has 154 valence electrons. The van der Waals surface area contributed by atoms with Gasteiger partial charge in [-0.3, -0.25) is 4.99 Å². The molecule has 0 aliphatic rings. The standard InChI is InChI=1S/C21H20BrN5O3/c1-14-10-16(8-9-18(14)30-21-24-11-15(22)12-25-21)23-13-20(26-28)29-19-7-5-4-6-17(19)27(2)3/h4-13,20H,1-3H3. The molecule has 0 aliphatic heterocycles. The normalized spacial score (nSPS) is 11.9. The Hall–Kier alpha value is -3.33. The third-order valence-electron chi connectivity index (χ3n) is 4.01. The van der Waals surface area contributed by atoms with E-state index >= 15 is 0 Å². The summed E-state index contributed by atoms with van der Waals surface area (Å²) in [6.07, 6.45) is 3.53. The fraction of sp³-hybridized carbons (Fsp3) is 0.190. The van der Waals surface area contributed by atoms with Gasteiger partial charge < -0.3 is 14.4 Å². The summed E-state index contributed by atoms with van der Waals surface area (Å²) >= 11 is 3.28. The van der Waals surface area contributed by atoms with Crippen LogP contribution in [-0.4, -0.2) is 36.5 Å². The number of hydrogen-bond donors (Lipinski definition) is 0. The molecule has 2 aromatic carbocycles. The van der Waals surface area contributed by atoms with Crippen molar-refractivity contribution >= 4 is 33.5 Å². The van der Waals surface area contributed by atoms with Gasteiger partial charge in [-0.1, -0.05) is 12.1 Å². The van der Waals surface area contributed by atoms with Gasteiger partial charge in [0.2, 0.25) is 0 Å². The van der Waals surface area contributed by atoms with Crippen molar-refractivity contribution in [2.24, 2.45) is 10.2 Å². The van der Waals surface area contributed by atoms with Crippen molar-refractivity contribution < 1.29 is 9.47 Å². The number of rotatable bonds is 8. The number of para-hydroxylation sites is 2. The smallest absolute Gasteiger partial charge is 0.321 e. The zero-order valence-corrected chi connectivity index (χ0v) is 18.3. The number of nitroso groups, excluding NO2 is 1. The minimum Gasteiger partial charge on any atom is -0.458 e. The van der Waals surface area contributed by atoms with Crippen molar-refractivity contribution in [3.63, 3.8) is 0 Å². The van der Waals surface area contributed by atoms with Gasteiger partial charge in [-0.05, 0) is 63.9 Å². The fourth-order valence-electron chi connectivity index (χ4n) is 2.57. The van der Waals surface area contributed by atoms with Crippen LogP contribution in [0.25, 0.3) is 0 Å². The second kappa shape index (κ2) is 9.93. The van der Waals surface area contributed by atoms with Gasteiger partial charge >= 0.3 is 6.01 Å². The number of nitrogens with zero attached hydrogens (tertiary/aromatic N) is 5. The third-order valence-corrected chi connectivity index (χ3v) is 4.42. The van der Waals surface area contributed by atoms with Crippen LogP contribution < -0.4 is 14.4 Å². The molecule has 1 aromatic heterocycles. The van der Waals surface area contributed by atoms with Gasteiger partial charge in [0.15, 0.2) is 0 Å². The van der Waals surface area contributed by atoms with Crippen LogP contribution in [0.3, 0.4) is 0 Å². The van der Waals surface area contributed by atoms with Crippen molar-refractivity contribution in [2.45, 2.75) is 13.2 Å². The molecule has 0 aliphatic carbocycles. The number of hydrogen-bond acceptors (Lipinski definition) is 8. The minimum absolute atomic E-state index is 0.246. The highest BCUT2D eigenvalue weighted by Gasteiger charge is 2.12. The molecule has 3 aromatic rings. The van der Waals surface area contributed by atoms with E-state index in [1.54, 1.807) is 30.6 Å². The Bertz CT molecular complexity index is 1040. The first-order valence-electron chi connectivity index (χ1n) is 9.02. The number of ether oxygens (including phenoxy) is 2. The van der Waals surface area contributed by atoms with Crippen molar-refractivity contribution in [1.29, 1.82) is 0 Å². The molecule has 1 heterocycles. The van der Waals surface area contributed by atoms with Gasteiger partial charge in [-0.15, -0.1) is 4.91 Å². The molecule has 0 fully saturated rings. The molecule has 30 heavy (non-hydrogen) atoms. The monoisotopic (exact) mass is 469 g/mol. The lowest BCUT2D eigenvalue weighted by molar-refractivity contribution is 0.281. The highest BCUT2D eigenvalue weighted by molar-refractivity contribution is 9.10. The largest absolute Gasteiger partial charge is 0.458 e. The molecule has 9 heteroatoms. The zero-order chi connectivity index (χ0) is 21.5. The van der Waals surface area contributed by atoms with E-state index in [-0.39, 0.29) is 6.01 Å². The van der Waals surface area contributed by atoms with E-state index in [9.17, 15) is 4.91 Å². The van der Waals surface area contributed by atoms with Gasteiger partial charge in [-0.25, -0.2) is 9.97 Å². The van der Waals surface area contributed by atoms with Crippen LogP contribution >= 0.6 is 15.9 Å². The van der Waals surface area contributed by atoms with Crippen molar-refractivity contribution in [2.75, 3.05) is 19.0 Å². The molecular formula is C21H20BrN5O3. The van der Waals surface area contributed by atoms with E-state index in [0.29, 0.717) is 17.2 Å². The third kappa shape index (κ3) is 5.60. The summed E-state index contributed by atoms with van der Waals surface area (Å²) in [5.74, 6) is 1.16. The van der Waals surface area contributed by atoms with E-state index < -0.39 is 6.23 Å². The first-order chi connectivity index (χ1) is 14.5. The molecule has 0 N–H and O–H groups in total.